The summed E-state index contributed by atoms with van der Waals surface area (Å²) < 4.78 is 0. The Hall–Kier alpha value is -1.64. The molecule has 1 aliphatic carbocycles. The van der Waals surface area contributed by atoms with Gasteiger partial charge >= 0.3 is 0 Å². The van der Waals surface area contributed by atoms with Crippen LogP contribution in [0.4, 0.5) is 0 Å². The minimum atomic E-state index is -0.943. The summed E-state index contributed by atoms with van der Waals surface area (Å²) in [5.41, 5.74) is 1.08. The van der Waals surface area contributed by atoms with Crippen molar-refractivity contribution in [3.8, 4) is 0 Å². The fourth-order valence-corrected chi connectivity index (χ4v) is 4.91. The van der Waals surface area contributed by atoms with Crippen LogP contribution in [-0.4, -0.2) is 29.1 Å². The number of hydrogen-bond acceptors (Lipinski definition) is 2. The topological polar surface area (TPSA) is 23.5 Å². The first-order valence-corrected chi connectivity index (χ1v) is 8.76. The van der Waals surface area contributed by atoms with Crippen molar-refractivity contribution in [3.63, 3.8) is 0 Å². The lowest BCUT2D eigenvalue weighted by Gasteiger charge is -2.55. The number of aliphatic hydroxyl groups is 1. The van der Waals surface area contributed by atoms with Gasteiger partial charge in [0.15, 0.2) is 0 Å². The molecule has 2 aromatic rings. The van der Waals surface area contributed by atoms with Crippen molar-refractivity contribution in [1.29, 1.82) is 0 Å². The van der Waals surface area contributed by atoms with Gasteiger partial charge in [0.2, 0.25) is 0 Å². The number of likely N-dealkylation sites (N-methyl/N-ethyl adjacent to an activating group) is 1. The molecule has 5 rings (SSSR count). The summed E-state index contributed by atoms with van der Waals surface area (Å²) >= 11 is 0. The van der Waals surface area contributed by atoms with Gasteiger partial charge in [-0.05, 0) is 49.8 Å². The molecule has 0 spiro atoms. The molecular weight excluding hydrogens is 282 g/mol. The minimum absolute atomic E-state index is 0.153. The maximum Gasteiger partial charge on any atom is 0.130 e. The number of piperidine rings is 2. The van der Waals surface area contributed by atoms with Crippen LogP contribution in [0.5, 0.6) is 0 Å². The van der Waals surface area contributed by atoms with E-state index >= 15 is 0 Å². The van der Waals surface area contributed by atoms with Gasteiger partial charge in [-0.3, -0.25) is 4.90 Å². The Bertz CT molecular complexity index is 605. The highest BCUT2D eigenvalue weighted by Gasteiger charge is 2.51. The molecule has 2 saturated heterocycles. The predicted molar refractivity (Wildman–Crippen MR) is 93.2 cm³/mol. The van der Waals surface area contributed by atoms with Crippen molar-refractivity contribution in [3.05, 3.63) is 71.8 Å². The SMILES string of the molecule is CN1C2CCC(CC2)[C@H]1C(O)(c1ccccc1)c1ccccc1. The molecule has 1 atom stereocenters. The summed E-state index contributed by atoms with van der Waals surface area (Å²) in [5.74, 6) is 0.565. The summed E-state index contributed by atoms with van der Waals surface area (Å²) in [6.07, 6.45) is 5.03. The van der Waals surface area contributed by atoms with E-state index in [1.807, 2.05) is 36.4 Å². The Balaban J connectivity index is 1.86. The monoisotopic (exact) mass is 307 g/mol. The van der Waals surface area contributed by atoms with E-state index in [9.17, 15) is 5.11 Å². The van der Waals surface area contributed by atoms with Crippen LogP contribution < -0.4 is 0 Å². The minimum Gasteiger partial charge on any atom is -0.379 e. The van der Waals surface area contributed by atoms with E-state index in [2.05, 4.69) is 36.2 Å². The number of benzene rings is 2. The quantitative estimate of drug-likeness (QED) is 0.932. The number of fused-ring (bicyclic) bond motifs is 3. The predicted octanol–water partition coefficient (Wildman–Crippen LogP) is 3.80. The van der Waals surface area contributed by atoms with Crippen molar-refractivity contribution in [1.82, 2.24) is 4.90 Å². The lowest BCUT2D eigenvalue weighted by Crippen LogP contribution is -2.62. The molecule has 2 heterocycles. The molecule has 0 amide bonds. The van der Waals surface area contributed by atoms with Gasteiger partial charge in [-0.2, -0.15) is 0 Å². The van der Waals surface area contributed by atoms with E-state index in [1.165, 1.54) is 25.7 Å². The van der Waals surface area contributed by atoms with Gasteiger partial charge < -0.3 is 5.11 Å². The zero-order chi connectivity index (χ0) is 15.9. The van der Waals surface area contributed by atoms with Crippen molar-refractivity contribution in [2.45, 2.75) is 43.4 Å². The van der Waals surface area contributed by atoms with E-state index in [0.717, 1.165) is 11.1 Å². The molecule has 2 nitrogen and oxygen atoms in total. The Morgan fingerprint density at radius 2 is 1.30 bits per heavy atom. The first kappa shape index (κ1) is 14.9. The van der Waals surface area contributed by atoms with Gasteiger partial charge in [0.1, 0.15) is 5.60 Å². The van der Waals surface area contributed by atoms with E-state index in [0.29, 0.717) is 12.0 Å². The molecule has 3 aliphatic rings. The van der Waals surface area contributed by atoms with Crippen LogP contribution in [0.25, 0.3) is 0 Å². The molecule has 2 heteroatoms. The second-order valence-corrected chi connectivity index (χ2v) is 7.18. The van der Waals surface area contributed by atoms with E-state index in [1.54, 1.807) is 0 Å². The Morgan fingerprint density at radius 3 is 1.74 bits per heavy atom. The lowest BCUT2D eigenvalue weighted by molar-refractivity contribution is -0.102. The fraction of sp³-hybridized carbons (Fsp3) is 0.429. The highest BCUT2D eigenvalue weighted by molar-refractivity contribution is 5.39. The summed E-state index contributed by atoms with van der Waals surface area (Å²) in [5, 5.41) is 12.0. The average molecular weight is 307 g/mol. The standard InChI is InChI=1S/C21H25NO/c1-22-19-14-12-16(13-15-19)20(22)21(23,17-8-4-2-5-9-17)18-10-6-3-7-11-18/h2-11,16,19-20,23H,12-15H2,1H3/t16?,19?,20-/m0/s1. The fourth-order valence-electron chi connectivity index (χ4n) is 4.91. The van der Waals surface area contributed by atoms with Gasteiger partial charge in [-0.25, -0.2) is 0 Å². The molecule has 0 radical (unpaired) electrons. The molecule has 2 bridgehead atoms. The largest absolute Gasteiger partial charge is 0.379 e. The molecule has 0 unspecified atom stereocenters. The van der Waals surface area contributed by atoms with Crippen LogP contribution >= 0.6 is 0 Å². The third-order valence-electron chi connectivity index (χ3n) is 6.06. The van der Waals surface area contributed by atoms with E-state index in [4.69, 9.17) is 0 Å². The second kappa shape index (κ2) is 5.77. The Kier molecular flexibility index (Phi) is 3.74. The Morgan fingerprint density at radius 1 is 0.826 bits per heavy atom. The van der Waals surface area contributed by atoms with Gasteiger partial charge in [-0.1, -0.05) is 60.7 Å². The summed E-state index contributed by atoms with van der Waals surface area (Å²) in [7, 11) is 2.21. The van der Waals surface area contributed by atoms with Crippen molar-refractivity contribution >= 4 is 0 Å². The number of hydrogen-bond donors (Lipinski definition) is 1. The van der Waals surface area contributed by atoms with Crippen LogP contribution in [0.15, 0.2) is 60.7 Å². The molecule has 23 heavy (non-hydrogen) atoms. The van der Waals surface area contributed by atoms with Crippen LogP contribution in [0.3, 0.4) is 0 Å². The normalized spacial score (nSPS) is 28.0. The summed E-state index contributed by atoms with van der Waals surface area (Å²) in [4.78, 5) is 2.46. The van der Waals surface area contributed by atoms with Gasteiger partial charge in [0.05, 0.1) is 0 Å². The molecule has 2 aromatic carbocycles. The smallest absolute Gasteiger partial charge is 0.130 e. The van der Waals surface area contributed by atoms with Gasteiger partial charge in [0.25, 0.3) is 0 Å². The number of nitrogens with zero attached hydrogens (tertiary/aromatic N) is 1. The Labute approximate surface area is 138 Å². The highest BCUT2D eigenvalue weighted by atomic mass is 16.3. The third kappa shape index (κ3) is 2.32. The van der Waals surface area contributed by atoms with Crippen molar-refractivity contribution < 1.29 is 5.11 Å². The van der Waals surface area contributed by atoms with Crippen molar-refractivity contribution in [2.24, 2.45) is 5.92 Å². The average Bonchev–Trinajstić information content (AvgIpc) is 2.63. The maximum atomic E-state index is 12.0. The number of rotatable bonds is 3. The first-order valence-electron chi connectivity index (χ1n) is 8.76. The summed E-state index contributed by atoms with van der Waals surface area (Å²) in [6, 6.07) is 21.2. The molecular formula is C21H25NO. The van der Waals surface area contributed by atoms with E-state index < -0.39 is 5.60 Å². The molecule has 1 N–H and O–H groups in total. The summed E-state index contributed by atoms with van der Waals surface area (Å²) in [6.45, 7) is 0. The molecule has 1 saturated carbocycles. The van der Waals surface area contributed by atoms with Gasteiger partial charge in [-0.15, -0.1) is 0 Å². The molecule has 0 aromatic heterocycles. The molecule has 2 aliphatic heterocycles. The lowest BCUT2D eigenvalue weighted by atomic mass is 9.65. The van der Waals surface area contributed by atoms with Crippen LogP contribution in [-0.2, 0) is 5.60 Å². The molecule has 120 valence electrons. The van der Waals surface area contributed by atoms with Gasteiger partial charge in [0, 0.05) is 12.1 Å². The second-order valence-electron chi connectivity index (χ2n) is 7.18. The van der Waals surface area contributed by atoms with Crippen LogP contribution in [0, 0.1) is 5.92 Å². The third-order valence-corrected chi connectivity index (χ3v) is 6.06. The van der Waals surface area contributed by atoms with E-state index in [-0.39, 0.29) is 6.04 Å². The van der Waals surface area contributed by atoms with Crippen LogP contribution in [0.2, 0.25) is 0 Å². The zero-order valence-corrected chi connectivity index (χ0v) is 13.7. The zero-order valence-electron chi connectivity index (χ0n) is 13.7. The highest BCUT2D eigenvalue weighted by Crippen LogP contribution is 2.48. The molecule has 3 fully saturated rings. The first-order chi connectivity index (χ1) is 11.2. The maximum absolute atomic E-state index is 12.0. The van der Waals surface area contributed by atoms with Crippen LogP contribution in [0.1, 0.15) is 36.8 Å². The van der Waals surface area contributed by atoms with Crippen molar-refractivity contribution in [2.75, 3.05) is 7.05 Å².